The Morgan fingerprint density at radius 2 is 2.19 bits per heavy atom. The van der Waals surface area contributed by atoms with E-state index in [1.54, 1.807) is 17.4 Å². The van der Waals surface area contributed by atoms with E-state index in [2.05, 4.69) is 29.1 Å². The molecule has 0 aliphatic rings. The summed E-state index contributed by atoms with van der Waals surface area (Å²) in [7, 11) is 0. The molecule has 0 saturated carbocycles. The number of hydrogen-bond acceptors (Lipinski definition) is 4. The molecule has 1 atom stereocenters. The summed E-state index contributed by atoms with van der Waals surface area (Å²) in [5.41, 5.74) is 1.46. The van der Waals surface area contributed by atoms with Crippen LogP contribution in [0.1, 0.15) is 48.6 Å². The lowest BCUT2D eigenvalue weighted by Crippen LogP contribution is -2.30. The van der Waals surface area contributed by atoms with Gasteiger partial charge in [-0.2, -0.15) is 16.3 Å². The number of aromatic nitrogens is 2. The minimum Gasteiger partial charge on any atom is -0.344 e. The lowest BCUT2D eigenvalue weighted by atomic mass is 10.1. The van der Waals surface area contributed by atoms with Gasteiger partial charge in [-0.1, -0.05) is 13.8 Å². The van der Waals surface area contributed by atoms with Crippen molar-refractivity contribution in [2.24, 2.45) is 5.92 Å². The van der Waals surface area contributed by atoms with E-state index in [-0.39, 0.29) is 17.6 Å². The Morgan fingerprint density at radius 3 is 2.81 bits per heavy atom. The number of thiophene rings is 1. The molecule has 0 fully saturated rings. The van der Waals surface area contributed by atoms with Crippen LogP contribution in [0.2, 0.25) is 0 Å². The fourth-order valence-electron chi connectivity index (χ4n) is 2.05. The highest BCUT2D eigenvalue weighted by atomic mass is 32.1. The first kappa shape index (κ1) is 15.4. The van der Waals surface area contributed by atoms with Gasteiger partial charge in [0.1, 0.15) is 5.69 Å². The van der Waals surface area contributed by atoms with Crippen molar-refractivity contribution in [3.63, 3.8) is 0 Å². The second kappa shape index (κ2) is 6.67. The van der Waals surface area contributed by atoms with Gasteiger partial charge in [0.25, 0.3) is 5.91 Å². The fraction of sp³-hybridized carbons (Fsp3) is 0.400. The van der Waals surface area contributed by atoms with Gasteiger partial charge in [0.15, 0.2) is 0 Å². The Bertz CT molecular complexity index is 662. The zero-order chi connectivity index (χ0) is 15.4. The molecule has 1 amide bonds. The van der Waals surface area contributed by atoms with Gasteiger partial charge in [-0.25, -0.2) is 4.79 Å². The topological polar surface area (TPSA) is 74.8 Å². The average molecular weight is 305 g/mol. The Morgan fingerprint density at radius 1 is 1.43 bits per heavy atom. The molecule has 2 aromatic heterocycles. The molecule has 6 heteroatoms. The summed E-state index contributed by atoms with van der Waals surface area (Å²) < 4.78 is 0. The van der Waals surface area contributed by atoms with Crippen molar-refractivity contribution in [1.29, 1.82) is 0 Å². The molecular formula is C15H19N3O2S. The fourth-order valence-corrected chi connectivity index (χ4v) is 2.80. The van der Waals surface area contributed by atoms with Gasteiger partial charge < -0.3 is 10.3 Å². The molecule has 0 bridgehead atoms. The predicted molar refractivity (Wildman–Crippen MR) is 83.6 cm³/mol. The van der Waals surface area contributed by atoms with Crippen molar-refractivity contribution in [2.45, 2.75) is 33.2 Å². The number of carbonyl (C=O) groups is 1. The molecule has 1 unspecified atom stereocenters. The summed E-state index contributed by atoms with van der Waals surface area (Å²) in [6, 6.07) is 3.50. The number of rotatable bonds is 5. The quantitative estimate of drug-likeness (QED) is 0.891. The Labute approximate surface area is 127 Å². The highest BCUT2D eigenvalue weighted by Crippen LogP contribution is 2.16. The van der Waals surface area contributed by atoms with Gasteiger partial charge in [-0.3, -0.25) is 4.79 Å². The summed E-state index contributed by atoms with van der Waals surface area (Å²) in [6.45, 7) is 6.01. The zero-order valence-electron chi connectivity index (χ0n) is 12.3. The van der Waals surface area contributed by atoms with Crippen LogP contribution in [0, 0.1) is 5.92 Å². The van der Waals surface area contributed by atoms with Gasteiger partial charge in [0.05, 0.1) is 6.04 Å². The van der Waals surface area contributed by atoms with Gasteiger partial charge in [0, 0.05) is 5.69 Å². The summed E-state index contributed by atoms with van der Waals surface area (Å²) in [4.78, 5) is 30.2. The first-order chi connectivity index (χ1) is 9.95. The number of nitrogens with zero attached hydrogens (tertiary/aromatic N) is 1. The van der Waals surface area contributed by atoms with Crippen LogP contribution in [0.5, 0.6) is 0 Å². The van der Waals surface area contributed by atoms with E-state index in [9.17, 15) is 9.59 Å². The second-order valence-electron chi connectivity index (χ2n) is 5.45. The van der Waals surface area contributed by atoms with Gasteiger partial charge in [0.2, 0.25) is 0 Å². The summed E-state index contributed by atoms with van der Waals surface area (Å²) in [5, 5.41) is 6.81. The van der Waals surface area contributed by atoms with Crippen LogP contribution in [0.25, 0.3) is 0 Å². The third kappa shape index (κ3) is 4.26. The number of nitrogens with one attached hydrogen (secondary N) is 2. The first-order valence-electron chi connectivity index (χ1n) is 6.89. The van der Waals surface area contributed by atoms with E-state index < -0.39 is 5.69 Å². The molecule has 0 saturated heterocycles. The number of amides is 1. The minimum absolute atomic E-state index is 0.113. The lowest BCUT2D eigenvalue weighted by Gasteiger charge is -2.12. The van der Waals surface area contributed by atoms with Crippen LogP contribution in [-0.2, 0) is 6.42 Å². The first-order valence-corrected chi connectivity index (χ1v) is 7.83. The lowest BCUT2D eigenvalue weighted by molar-refractivity contribution is 0.0934. The molecular weight excluding hydrogens is 286 g/mol. The van der Waals surface area contributed by atoms with Gasteiger partial charge >= 0.3 is 5.69 Å². The van der Waals surface area contributed by atoms with Crippen molar-refractivity contribution in [3.05, 3.63) is 50.3 Å². The molecule has 0 aliphatic carbocycles. The molecule has 0 radical (unpaired) electrons. The van der Waals surface area contributed by atoms with Gasteiger partial charge in [-0.15, -0.1) is 0 Å². The maximum Gasteiger partial charge on any atom is 0.345 e. The molecule has 0 spiro atoms. The number of aromatic amines is 1. The standard InChI is InChI=1S/C15H19N3O2S/c1-9(2)6-12-7-13(18-15(20)17-12)14(19)16-10(3)11-4-5-21-8-11/h4-5,7-10H,6H2,1-3H3,(H,16,19)(H,17,18,20). The molecule has 0 aromatic carbocycles. The van der Waals surface area contributed by atoms with Crippen molar-refractivity contribution >= 4 is 17.2 Å². The molecule has 2 rings (SSSR count). The molecule has 5 nitrogen and oxygen atoms in total. The van der Waals surface area contributed by atoms with Crippen LogP contribution in [0.4, 0.5) is 0 Å². The maximum atomic E-state index is 12.2. The Hall–Kier alpha value is -1.95. The molecule has 0 aliphatic heterocycles. The normalized spacial score (nSPS) is 12.4. The van der Waals surface area contributed by atoms with Crippen LogP contribution in [-0.4, -0.2) is 15.9 Å². The summed E-state index contributed by atoms with van der Waals surface area (Å²) in [6.07, 6.45) is 0.706. The van der Waals surface area contributed by atoms with Crippen molar-refractivity contribution in [2.75, 3.05) is 0 Å². The van der Waals surface area contributed by atoms with E-state index >= 15 is 0 Å². The monoisotopic (exact) mass is 305 g/mol. The molecule has 2 N–H and O–H groups in total. The van der Waals surface area contributed by atoms with Crippen LogP contribution in [0.3, 0.4) is 0 Å². The highest BCUT2D eigenvalue weighted by Gasteiger charge is 2.14. The summed E-state index contributed by atoms with van der Waals surface area (Å²) in [5.74, 6) is 0.0634. The van der Waals surface area contributed by atoms with E-state index in [1.165, 1.54) is 0 Å². The third-order valence-corrected chi connectivity index (χ3v) is 3.75. The van der Waals surface area contributed by atoms with E-state index in [4.69, 9.17) is 0 Å². The van der Waals surface area contributed by atoms with E-state index in [0.717, 1.165) is 11.3 Å². The molecule has 2 aromatic rings. The third-order valence-electron chi connectivity index (χ3n) is 3.05. The number of hydrogen-bond donors (Lipinski definition) is 2. The van der Waals surface area contributed by atoms with Crippen LogP contribution in [0.15, 0.2) is 27.7 Å². The van der Waals surface area contributed by atoms with Crippen LogP contribution >= 0.6 is 11.3 Å². The predicted octanol–water partition coefficient (Wildman–Crippen LogP) is 2.52. The van der Waals surface area contributed by atoms with Crippen LogP contribution < -0.4 is 11.0 Å². The summed E-state index contributed by atoms with van der Waals surface area (Å²) >= 11 is 1.58. The van der Waals surface area contributed by atoms with Crippen molar-refractivity contribution in [3.8, 4) is 0 Å². The molecule has 2 heterocycles. The average Bonchev–Trinajstić information content (AvgIpc) is 2.90. The van der Waals surface area contributed by atoms with E-state index in [0.29, 0.717) is 12.3 Å². The van der Waals surface area contributed by atoms with Gasteiger partial charge in [-0.05, 0) is 47.7 Å². The molecule has 112 valence electrons. The zero-order valence-corrected chi connectivity index (χ0v) is 13.2. The number of carbonyl (C=O) groups excluding carboxylic acids is 1. The SMILES string of the molecule is CC(C)Cc1cc(C(=O)NC(C)c2ccsc2)nc(=O)[nH]1. The second-order valence-corrected chi connectivity index (χ2v) is 6.23. The molecule has 21 heavy (non-hydrogen) atoms. The maximum absolute atomic E-state index is 12.2. The minimum atomic E-state index is -0.485. The smallest absolute Gasteiger partial charge is 0.344 e. The van der Waals surface area contributed by atoms with Crippen molar-refractivity contribution < 1.29 is 4.79 Å². The number of H-pyrrole nitrogens is 1. The Balaban J connectivity index is 2.15. The largest absolute Gasteiger partial charge is 0.345 e. The van der Waals surface area contributed by atoms with Crippen molar-refractivity contribution in [1.82, 2.24) is 15.3 Å². The highest BCUT2D eigenvalue weighted by molar-refractivity contribution is 7.07. The Kier molecular flexibility index (Phi) is 4.90. The van der Waals surface area contributed by atoms with E-state index in [1.807, 2.05) is 23.8 Å².